The SMILES string of the molecule is COc1cc(N2CC(CSC(C)=O)CC2=O)c(Br)cn1. The maximum absolute atomic E-state index is 12.1. The molecule has 1 aromatic heterocycles. The van der Waals surface area contributed by atoms with Crippen LogP contribution in [-0.4, -0.2) is 35.4 Å². The number of amides is 1. The van der Waals surface area contributed by atoms with Gasteiger partial charge in [0, 0.05) is 37.9 Å². The summed E-state index contributed by atoms with van der Waals surface area (Å²) in [6.45, 7) is 2.16. The van der Waals surface area contributed by atoms with Crippen LogP contribution >= 0.6 is 27.7 Å². The topological polar surface area (TPSA) is 59.5 Å². The first kappa shape index (κ1) is 15.3. The normalized spacial score (nSPS) is 18.4. The summed E-state index contributed by atoms with van der Waals surface area (Å²) in [7, 11) is 1.54. The van der Waals surface area contributed by atoms with E-state index in [1.807, 2.05) is 0 Å². The second kappa shape index (κ2) is 6.58. The average Bonchev–Trinajstić information content (AvgIpc) is 2.78. The fourth-order valence-corrected chi connectivity index (χ4v) is 3.21. The van der Waals surface area contributed by atoms with Gasteiger partial charge in [-0.1, -0.05) is 11.8 Å². The minimum atomic E-state index is 0.0631. The summed E-state index contributed by atoms with van der Waals surface area (Å²) in [5.74, 6) is 1.41. The quantitative estimate of drug-likeness (QED) is 0.827. The van der Waals surface area contributed by atoms with Crippen LogP contribution < -0.4 is 9.64 Å². The third kappa shape index (κ3) is 3.52. The van der Waals surface area contributed by atoms with Crippen LogP contribution in [0.2, 0.25) is 0 Å². The van der Waals surface area contributed by atoms with Crippen LogP contribution in [0, 0.1) is 5.92 Å². The Hall–Kier alpha value is -1.08. The van der Waals surface area contributed by atoms with Crippen molar-refractivity contribution in [3.05, 3.63) is 16.7 Å². The van der Waals surface area contributed by atoms with Crippen LogP contribution in [-0.2, 0) is 9.59 Å². The molecule has 5 nitrogen and oxygen atoms in total. The van der Waals surface area contributed by atoms with E-state index in [0.29, 0.717) is 24.6 Å². The van der Waals surface area contributed by atoms with Gasteiger partial charge in [0.15, 0.2) is 5.12 Å². The predicted molar refractivity (Wildman–Crippen MR) is 82.1 cm³/mol. The third-order valence-corrected chi connectivity index (χ3v) is 4.69. The highest BCUT2D eigenvalue weighted by molar-refractivity contribution is 9.10. The van der Waals surface area contributed by atoms with Crippen LogP contribution in [0.25, 0.3) is 0 Å². The largest absolute Gasteiger partial charge is 0.481 e. The lowest BCUT2D eigenvalue weighted by molar-refractivity contribution is -0.117. The lowest BCUT2D eigenvalue weighted by atomic mass is 10.1. The Morgan fingerprint density at radius 3 is 3.05 bits per heavy atom. The standard InChI is InChI=1S/C13H15BrN2O3S/c1-8(17)20-7-9-3-13(18)16(6-9)11-4-12(19-2)15-5-10(11)14/h4-5,9H,3,6-7H2,1-2H3. The molecule has 108 valence electrons. The summed E-state index contributed by atoms with van der Waals surface area (Å²) in [5.41, 5.74) is 0.761. The molecule has 20 heavy (non-hydrogen) atoms. The van der Waals surface area contributed by atoms with Gasteiger partial charge in [0.05, 0.1) is 17.3 Å². The molecule has 0 aromatic carbocycles. The van der Waals surface area contributed by atoms with Gasteiger partial charge in [-0.05, 0) is 21.8 Å². The summed E-state index contributed by atoms with van der Waals surface area (Å²) in [6, 6.07) is 1.74. The number of pyridine rings is 1. The van der Waals surface area contributed by atoms with Gasteiger partial charge >= 0.3 is 0 Å². The van der Waals surface area contributed by atoms with E-state index >= 15 is 0 Å². The lowest BCUT2D eigenvalue weighted by Gasteiger charge is -2.18. The number of rotatable bonds is 4. The number of methoxy groups -OCH3 is 1. The summed E-state index contributed by atoms with van der Waals surface area (Å²) in [5, 5.41) is 0.0858. The number of halogens is 1. The van der Waals surface area contributed by atoms with Gasteiger partial charge in [0.25, 0.3) is 0 Å². The number of anilines is 1. The third-order valence-electron chi connectivity index (χ3n) is 3.04. The van der Waals surface area contributed by atoms with Crippen molar-refractivity contribution >= 4 is 44.4 Å². The summed E-state index contributed by atoms with van der Waals surface area (Å²) < 4.78 is 5.85. The highest BCUT2D eigenvalue weighted by Crippen LogP contribution is 2.34. The Morgan fingerprint density at radius 2 is 2.40 bits per heavy atom. The first-order chi connectivity index (χ1) is 9.51. The smallest absolute Gasteiger partial charge is 0.227 e. The molecule has 0 aliphatic carbocycles. The Balaban J connectivity index is 2.13. The van der Waals surface area contributed by atoms with Crippen molar-refractivity contribution < 1.29 is 14.3 Å². The summed E-state index contributed by atoms with van der Waals surface area (Å²) in [6.07, 6.45) is 2.09. The number of ether oxygens (including phenoxy) is 1. The fourth-order valence-electron chi connectivity index (χ4n) is 2.09. The van der Waals surface area contributed by atoms with Crippen molar-refractivity contribution in [2.24, 2.45) is 5.92 Å². The number of carbonyl (C=O) groups excluding carboxylic acids is 2. The van der Waals surface area contributed by atoms with Crippen LogP contribution in [0.4, 0.5) is 5.69 Å². The highest BCUT2D eigenvalue weighted by Gasteiger charge is 2.32. The molecule has 0 spiro atoms. The number of aromatic nitrogens is 1. The Kier molecular flexibility index (Phi) is 5.04. The van der Waals surface area contributed by atoms with Crippen molar-refractivity contribution in [2.75, 3.05) is 24.3 Å². The minimum absolute atomic E-state index is 0.0631. The molecule has 1 aromatic rings. The predicted octanol–water partition coefficient (Wildman–Crippen LogP) is 2.49. The maximum atomic E-state index is 12.1. The molecule has 2 rings (SSSR count). The van der Waals surface area contributed by atoms with Crippen molar-refractivity contribution in [3.63, 3.8) is 0 Å². The Bertz CT molecular complexity index is 538. The fraction of sp³-hybridized carbons (Fsp3) is 0.462. The van der Waals surface area contributed by atoms with Crippen molar-refractivity contribution in [2.45, 2.75) is 13.3 Å². The van der Waals surface area contributed by atoms with Gasteiger partial charge in [-0.3, -0.25) is 9.59 Å². The first-order valence-corrected chi connectivity index (χ1v) is 7.92. The van der Waals surface area contributed by atoms with E-state index in [0.717, 1.165) is 10.2 Å². The van der Waals surface area contributed by atoms with E-state index in [4.69, 9.17) is 4.74 Å². The van der Waals surface area contributed by atoms with Gasteiger partial charge < -0.3 is 9.64 Å². The molecule has 0 radical (unpaired) electrons. The Labute approximate surface area is 130 Å². The van der Waals surface area contributed by atoms with Crippen molar-refractivity contribution in [1.29, 1.82) is 0 Å². The molecule has 1 atom stereocenters. The average molecular weight is 359 g/mol. The van der Waals surface area contributed by atoms with E-state index in [-0.39, 0.29) is 16.9 Å². The van der Waals surface area contributed by atoms with Gasteiger partial charge in [-0.15, -0.1) is 0 Å². The molecule has 1 aliphatic heterocycles. The van der Waals surface area contributed by atoms with Gasteiger partial charge in [-0.2, -0.15) is 0 Å². The van der Waals surface area contributed by atoms with E-state index in [1.54, 1.807) is 24.1 Å². The molecular weight excluding hydrogens is 344 g/mol. The van der Waals surface area contributed by atoms with E-state index in [1.165, 1.54) is 18.9 Å². The van der Waals surface area contributed by atoms with E-state index in [2.05, 4.69) is 20.9 Å². The Morgan fingerprint density at radius 1 is 1.65 bits per heavy atom. The second-order valence-corrected chi connectivity index (χ2v) is 6.61. The summed E-state index contributed by atoms with van der Waals surface area (Å²) >= 11 is 4.68. The number of nitrogens with zero attached hydrogens (tertiary/aromatic N) is 2. The highest BCUT2D eigenvalue weighted by atomic mass is 79.9. The monoisotopic (exact) mass is 358 g/mol. The molecule has 1 unspecified atom stereocenters. The van der Waals surface area contributed by atoms with Crippen molar-refractivity contribution in [3.8, 4) is 5.88 Å². The molecule has 0 N–H and O–H groups in total. The van der Waals surface area contributed by atoms with E-state index < -0.39 is 0 Å². The molecule has 1 amide bonds. The zero-order valence-corrected chi connectivity index (χ0v) is 13.7. The molecule has 7 heteroatoms. The zero-order valence-electron chi connectivity index (χ0n) is 11.3. The van der Waals surface area contributed by atoms with Gasteiger partial charge in [-0.25, -0.2) is 4.98 Å². The number of carbonyl (C=O) groups is 2. The van der Waals surface area contributed by atoms with Crippen LogP contribution in [0.1, 0.15) is 13.3 Å². The second-order valence-electron chi connectivity index (χ2n) is 4.56. The molecule has 1 saturated heterocycles. The number of hydrogen-bond acceptors (Lipinski definition) is 5. The number of thioether (sulfide) groups is 1. The van der Waals surface area contributed by atoms with E-state index in [9.17, 15) is 9.59 Å². The first-order valence-electron chi connectivity index (χ1n) is 6.14. The lowest BCUT2D eigenvalue weighted by Crippen LogP contribution is -2.25. The molecule has 1 aliphatic rings. The molecule has 2 heterocycles. The van der Waals surface area contributed by atoms with Gasteiger partial charge in [0.1, 0.15) is 0 Å². The van der Waals surface area contributed by atoms with Gasteiger partial charge in [0.2, 0.25) is 11.8 Å². The molecule has 0 bridgehead atoms. The maximum Gasteiger partial charge on any atom is 0.227 e. The van der Waals surface area contributed by atoms with Crippen LogP contribution in [0.5, 0.6) is 5.88 Å². The van der Waals surface area contributed by atoms with Crippen LogP contribution in [0.15, 0.2) is 16.7 Å². The zero-order chi connectivity index (χ0) is 14.7. The molecule has 0 saturated carbocycles. The van der Waals surface area contributed by atoms with Crippen LogP contribution in [0.3, 0.4) is 0 Å². The molecular formula is C13H15BrN2O3S. The van der Waals surface area contributed by atoms with Crippen molar-refractivity contribution in [1.82, 2.24) is 4.98 Å². The summed E-state index contributed by atoms with van der Waals surface area (Å²) in [4.78, 5) is 28.9. The number of hydrogen-bond donors (Lipinski definition) is 0. The minimum Gasteiger partial charge on any atom is -0.481 e. The molecule has 1 fully saturated rings.